The molecular weight excluding hydrogens is 417 g/mol. The number of rotatable bonds is 6. The van der Waals surface area contributed by atoms with E-state index in [0.29, 0.717) is 23.4 Å². The van der Waals surface area contributed by atoms with Crippen LogP contribution in [0, 0.1) is 12.3 Å². The van der Waals surface area contributed by atoms with Gasteiger partial charge in [0.25, 0.3) is 5.91 Å². The summed E-state index contributed by atoms with van der Waals surface area (Å²) in [7, 11) is 1.55. The minimum Gasteiger partial charge on any atom is -0.396 e. The molecule has 3 rings (SSSR count). The molecule has 0 spiro atoms. The standard InChI is InChI=1S/C22H26ClF3N2O2/c1-13-17(14-5-7-15(23)8-6-14)18(20(30)27(4)11-21(2,3)12-29)28(16-9-10-16)19(13)22(24,25)26/h5-8,16,29H,9-12H2,1-4H3. The van der Waals surface area contributed by atoms with Crippen molar-refractivity contribution < 1.29 is 23.1 Å². The molecule has 1 aromatic heterocycles. The zero-order chi connectivity index (χ0) is 22.4. The number of hydrogen-bond acceptors (Lipinski definition) is 2. The van der Waals surface area contributed by atoms with Crippen LogP contribution in [0.3, 0.4) is 0 Å². The van der Waals surface area contributed by atoms with E-state index in [-0.39, 0.29) is 36.0 Å². The maximum Gasteiger partial charge on any atom is 0.431 e. The summed E-state index contributed by atoms with van der Waals surface area (Å²) in [6.07, 6.45) is -3.39. The summed E-state index contributed by atoms with van der Waals surface area (Å²) in [5, 5.41) is 10.0. The monoisotopic (exact) mass is 442 g/mol. The second-order valence-electron chi connectivity index (χ2n) is 8.79. The Hall–Kier alpha value is -1.99. The first-order chi connectivity index (χ1) is 13.9. The minimum atomic E-state index is -4.59. The highest BCUT2D eigenvalue weighted by molar-refractivity contribution is 6.30. The smallest absolute Gasteiger partial charge is 0.396 e. The number of aliphatic hydroxyl groups is 1. The molecule has 1 heterocycles. The van der Waals surface area contributed by atoms with E-state index in [1.54, 1.807) is 45.2 Å². The summed E-state index contributed by atoms with van der Waals surface area (Å²) >= 11 is 5.97. The van der Waals surface area contributed by atoms with Crippen molar-refractivity contribution >= 4 is 17.5 Å². The molecular formula is C22H26ClF3N2O2. The molecule has 2 aromatic rings. The van der Waals surface area contributed by atoms with Gasteiger partial charge >= 0.3 is 6.18 Å². The van der Waals surface area contributed by atoms with Gasteiger partial charge in [-0.3, -0.25) is 4.79 Å². The second-order valence-corrected chi connectivity index (χ2v) is 9.22. The predicted octanol–water partition coefficient (Wildman–Crippen LogP) is 5.56. The van der Waals surface area contributed by atoms with Gasteiger partial charge in [-0.25, -0.2) is 0 Å². The van der Waals surface area contributed by atoms with E-state index >= 15 is 0 Å². The zero-order valence-electron chi connectivity index (χ0n) is 17.5. The molecule has 0 atom stereocenters. The molecule has 4 nitrogen and oxygen atoms in total. The van der Waals surface area contributed by atoms with Crippen LogP contribution in [-0.2, 0) is 6.18 Å². The van der Waals surface area contributed by atoms with Crippen molar-refractivity contribution in [3.63, 3.8) is 0 Å². The van der Waals surface area contributed by atoms with Gasteiger partial charge in [0.05, 0.1) is 0 Å². The molecule has 0 radical (unpaired) electrons. The Labute approximate surface area is 179 Å². The molecule has 8 heteroatoms. The topological polar surface area (TPSA) is 45.5 Å². The number of carbonyl (C=O) groups excluding carboxylic acids is 1. The molecule has 1 fully saturated rings. The number of amides is 1. The third-order valence-corrected chi connectivity index (χ3v) is 5.66. The summed E-state index contributed by atoms with van der Waals surface area (Å²) in [4.78, 5) is 14.9. The number of aromatic nitrogens is 1. The fraction of sp³-hybridized carbons (Fsp3) is 0.500. The Morgan fingerprint density at radius 3 is 2.27 bits per heavy atom. The van der Waals surface area contributed by atoms with Crippen molar-refractivity contribution in [1.82, 2.24) is 9.47 Å². The molecule has 0 bridgehead atoms. The highest BCUT2D eigenvalue weighted by Gasteiger charge is 2.45. The average molecular weight is 443 g/mol. The van der Waals surface area contributed by atoms with Crippen LogP contribution >= 0.6 is 11.6 Å². The Kier molecular flexibility index (Phi) is 6.00. The lowest BCUT2D eigenvalue weighted by molar-refractivity contribution is -0.144. The van der Waals surface area contributed by atoms with Gasteiger partial charge in [-0.1, -0.05) is 37.6 Å². The molecule has 164 valence electrons. The predicted molar refractivity (Wildman–Crippen MR) is 111 cm³/mol. The third-order valence-electron chi connectivity index (χ3n) is 5.40. The first kappa shape index (κ1) is 22.7. The quantitative estimate of drug-likeness (QED) is 0.636. The van der Waals surface area contributed by atoms with Crippen molar-refractivity contribution in [2.45, 2.75) is 45.8 Å². The van der Waals surface area contributed by atoms with Gasteiger partial charge in [0.2, 0.25) is 0 Å². The maximum atomic E-state index is 14.1. The molecule has 1 N–H and O–H groups in total. The second kappa shape index (κ2) is 7.93. The van der Waals surface area contributed by atoms with Gasteiger partial charge in [0, 0.05) is 42.2 Å². The number of hydrogen-bond donors (Lipinski definition) is 1. The highest BCUT2D eigenvalue weighted by atomic mass is 35.5. The number of aliphatic hydroxyl groups excluding tert-OH is 1. The molecule has 1 saturated carbocycles. The van der Waals surface area contributed by atoms with E-state index < -0.39 is 23.2 Å². The van der Waals surface area contributed by atoms with Crippen LogP contribution in [0.1, 0.15) is 54.5 Å². The van der Waals surface area contributed by atoms with Gasteiger partial charge in [-0.05, 0) is 43.0 Å². The van der Waals surface area contributed by atoms with Crippen LogP contribution in [0.4, 0.5) is 13.2 Å². The van der Waals surface area contributed by atoms with Crippen molar-refractivity contribution in [2.75, 3.05) is 20.2 Å². The average Bonchev–Trinajstić information content (AvgIpc) is 3.43. The minimum absolute atomic E-state index is 0.0369. The van der Waals surface area contributed by atoms with Gasteiger partial charge in [0.1, 0.15) is 11.4 Å². The van der Waals surface area contributed by atoms with Crippen LogP contribution in [0.5, 0.6) is 0 Å². The molecule has 1 amide bonds. The molecule has 0 aliphatic heterocycles. The van der Waals surface area contributed by atoms with Crippen molar-refractivity contribution in [3.05, 3.63) is 46.2 Å². The molecule has 0 saturated heterocycles. The number of benzene rings is 1. The van der Waals surface area contributed by atoms with Crippen molar-refractivity contribution in [1.29, 1.82) is 0 Å². The number of alkyl halides is 3. The normalized spacial score (nSPS) is 14.8. The van der Waals surface area contributed by atoms with E-state index in [9.17, 15) is 23.1 Å². The number of carbonyl (C=O) groups is 1. The SMILES string of the molecule is Cc1c(-c2ccc(Cl)cc2)c(C(=O)N(C)CC(C)(C)CO)n(C2CC2)c1C(F)(F)F. The van der Waals surface area contributed by atoms with E-state index in [1.165, 1.54) is 16.4 Å². The van der Waals surface area contributed by atoms with Gasteiger partial charge < -0.3 is 14.6 Å². The first-order valence-corrected chi connectivity index (χ1v) is 10.2. The van der Waals surface area contributed by atoms with Gasteiger partial charge in [-0.15, -0.1) is 0 Å². The fourth-order valence-corrected chi connectivity index (χ4v) is 4.01. The van der Waals surface area contributed by atoms with Crippen LogP contribution in [0.15, 0.2) is 24.3 Å². The highest BCUT2D eigenvalue weighted by Crippen LogP contribution is 2.48. The summed E-state index contributed by atoms with van der Waals surface area (Å²) in [6, 6.07) is 6.13. The largest absolute Gasteiger partial charge is 0.431 e. The number of nitrogens with zero attached hydrogens (tertiary/aromatic N) is 2. The molecule has 1 aromatic carbocycles. The number of halogens is 4. The van der Waals surface area contributed by atoms with Crippen LogP contribution in [0.2, 0.25) is 5.02 Å². The Bertz CT molecular complexity index is 945. The molecule has 1 aliphatic carbocycles. The Balaban J connectivity index is 2.24. The third kappa shape index (κ3) is 4.37. The molecule has 0 unspecified atom stereocenters. The lowest BCUT2D eigenvalue weighted by Gasteiger charge is -2.29. The lowest BCUT2D eigenvalue weighted by atomic mass is 9.94. The summed E-state index contributed by atoms with van der Waals surface area (Å²) in [5.74, 6) is -0.494. The Morgan fingerprint density at radius 1 is 1.23 bits per heavy atom. The van der Waals surface area contributed by atoms with E-state index in [1.807, 2.05) is 0 Å². The summed E-state index contributed by atoms with van der Waals surface area (Å²) < 4.78 is 43.4. The van der Waals surface area contributed by atoms with E-state index in [2.05, 4.69) is 0 Å². The van der Waals surface area contributed by atoms with Crippen LogP contribution in [-0.4, -0.2) is 40.7 Å². The van der Waals surface area contributed by atoms with E-state index in [4.69, 9.17) is 11.6 Å². The first-order valence-electron chi connectivity index (χ1n) is 9.81. The maximum absolute atomic E-state index is 14.1. The zero-order valence-corrected chi connectivity index (χ0v) is 18.2. The molecule has 1 aliphatic rings. The van der Waals surface area contributed by atoms with Gasteiger partial charge in [-0.2, -0.15) is 13.2 Å². The fourth-order valence-electron chi connectivity index (χ4n) is 3.88. The van der Waals surface area contributed by atoms with Crippen molar-refractivity contribution in [3.8, 4) is 11.1 Å². The van der Waals surface area contributed by atoms with Crippen LogP contribution < -0.4 is 0 Å². The Morgan fingerprint density at radius 2 is 1.80 bits per heavy atom. The summed E-state index contributed by atoms with van der Waals surface area (Å²) in [6.45, 7) is 5.07. The van der Waals surface area contributed by atoms with Gasteiger partial charge in [0.15, 0.2) is 0 Å². The van der Waals surface area contributed by atoms with Crippen molar-refractivity contribution in [2.24, 2.45) is 5.41 Å². The summed E-state index contributed by atoms with van der Waals surface area (Å²) in [5.41, 5.74) is -0.475. The van der Waals surface area contributed by atoms with E-state index in [0.717, 1.165) is 0 Å². The lowest BCUT2D eigenvalue weighted by Crippen LogP contribution is -2.38. The van der Waals surface area contributed by atoms with Crippen LogP contribution in [0.25, 0.3) is 11.1 Å². The molecule has 30 heavy (non-hydrogen) atoms.